The first kappa shape index (κ1) is 20.3. The maximum Gasteiger partial charge on any atom is 0.209 e. The number of phenolic OH excluding ortho intramolecular Hbond substituents is 1. The van der Waals surface area contributed by atoms with E-state index < -0.39 is 5.79 Å². The number of aliphatic hydroxyl groups is 1. The second-order valence-electron chi connectivity index (χ2n) is 9.43. The summed E-state index contributed by atoms with van der Waals surface area (Å²) in [6.07, 6.45) is 8.01. The summed E-state index contributed by atoms with van der Waals surface area (Å²) in [5, 5.41) is 21.8. The number of rotatable bonds is 6. The molecule has 3 nitrogen and oxygen atoms in total. The highest BCUT2D eigenvalue weighted by Gasteiger charge is 2.46. The first-order chi connectivity index (χ1) is 12.7. The van der Waals surface area contributed by atoms with E-state index in [1.165, 1.54) is 36.8 Å². The van der Waals surface area contributed by atoms with Crippen LogP contribution in [0.2, 0.25) is 0 Å². The van der Waals surface area contributed by atoms with Crippen LogP contribution in [0.3, 0.4) is 0 Å². The molecule has 1 heterocycles. The summed E-state index contributed by atoms with van der Waals surface area (Å²) < 4.78 is 6.05. The van der Waals surface area contributed by atoms with Crippen molar-refractivity contribution in [3.05, 3.63) is 34.4 Å². The van der Waals surface area contributed by atoms with Crippen LogP contribution in [0.1, 0.15) is 103 Å². The van der Waals surface area contributed by atoms with Gasteiger partial charge in [-0.25, -0.2) is 0 Å². The van der Waals surface area contributed by atoms with Crippen LogP contribution in [0.5, 0.6) is 11.5 Å². The number of aromatic hydroxyl groups is 1. The Bertz CT molecular complexity index is 727. The van der Waals surface area contributed by atoms with E-state index in [4.69, 9.17) is 4.74 Å². The Labute approximate surface area is 164 Å². The third-order valence-corrected chi connectivity index (χ3v) is 6.58. The van der Waals surface area contributed by atoms with Crippen LogP contribution in [0.25, 0.3) is 0 Å². The molecule has 1 aromatic rings. The molecule has 1 aliphatic heterocycles. The number of allylic oxidation sites excluding steroid dienone is 2. The molecule has 0 unspecified atom stereocenters. The molecule has 2 aliphatic rings. The fourth-order valence-electron chi connectivity index (χ4n) is 4.80. The van der Waals surface area contributed by atoms with Gasteiger partial charge in [0.2, 0.25) is 5.79 Å². The van der Waals surface area contributed by atoms with Gasteiger partial charge in [0.15, 0.2) is 0 Å². The van der Waals surface area contributed by atoms with E-state index in [1.54, 1.807) is 0 Å². The van der Waals surface area contributed by atoms with E-state index in [-0.39, 0.29) is 11.3 Å². The fraction of sp³-hybridized carbons (Fsp3) is 0.667. The van der Waals surface area contributed by atoms with Crippen molar-refractivity contribution in [3.63, 3.8) is 0 Å². The number of hydrogen-bond donors (Lipinski definition) is 2. The number of phenols is 1. The Morgan fingerprint density at radius 2 is 1.96 bits per heavy atom. The van der Waals surface area contributed by atoms with Crippen molar-refractivity contribution < 1.29 is 14.9 Å². The maximum atomic E-state index is 10.9. The van der Waals surface area contributed by atoms with E-state index in [9.17, 15) is 10.2 Å². The standard InChI is InChI=1S/C24H36O3/c1-6-7-8-9-11-23(4,5)17-13-20(25)22-19-15-24(26,27-21(22)14-17)12-10-18(19)16(2)3/h13-14,19,25-26H,6-12,15H2,1-5H3/t19-,24-/m0/s1. The van der Waals surface area contributed by atoms with Gasteiger partial charge in [0.25, 0.3) is 0 Å². The lowest BCUT2D eigenvalue weighted by molar-refractivity contribution is -0.165. The van der Waals surface area contributed by atoms with Gasteiger partial charge in [-0.2, -0.15) is 0 Å². The Balaban J connectivity index is 1.95. The largest absolute Gasteiger partial charge is 0.507 e. The van der Waals surface area contributed by atoms with E-state index in [0.29, 0.717) is 24.3 Å². The van der Waals surface area contributed by atoms with Gasteiger partial charge in [-0.1, -0.05) is 57.6 Å². The van der Waals surface area contributed by atoms with Gasteiger partial charge in [-0.05, 0) is 49.8 Å². The average Bonchev–Trinajstić information content (AvgIpc) is 2.57. The summed E-state index contributed by atoms with van der Waals surface area (Å²) in [4.78, 5) is 0. The molecule has 0 saturated heterocycles. The van der Waals surface area contributed by atoms with Crippen molar-refractivity contribution in [2.45, 2.75) is 103 Å². The molecule has 1 aliphatic carbocycles. The second kappa shape index (κ2) is 7.50. The summed E-state index contributed by atoms with van der Waals surface area (Å²) in [6.45, 7) is 11.0. The van der Waals surface area contributed by atoms with Crippen molar-refractivity contribution >= 4 is 0 Å². The average molecular weight is 373 g/mol. The minimum atomic E-state index is -1.10. The minimum absolute atomic E-state index is 0.0296. The normalized spacial score (nSPS) is 24.4. The summed E-state index contributed by atoms with van der Waals surface area (Å²) >= 11 is 0. The first-order valence-corrected chi connectivity index (χ1v) is 10.6. The molecule has 3 rings (SSSR count). The lowest BCUT2D eigenvalue weighted by Gasteiger charge is -2.45. The Morgan fingerprint density at radius 1 is 1.22 bits per heavy atom. The van der Waals surface area contributed by atoms with Gasteiger partial charge < -0.3 is 14.9 Å². The molecular weight excluding hydrogens is 336 g/mol. The van der Waals surface area contributed by atoms with Crippen LogP contribution in [-0.4, -0.2) is 16.0 Å². The van der Waals surface area contributed by atoms with Gasteiger partial charge in [0, 0.05) is 24.3 Å². The molecule has 27 heavy (non-hydrogen) atoms. The molecule has 0 aromatic heterocycles. The summed E-state index contributed by atoms with van der Waals surface area (Å²) in [7, 11) is 0. The van der Waals surface area contributed by atoms with Crippen molar-refractivity contribution in [2.75, 3.05) is 0 Å². The van der Waals surface area contributed by atoms with Gasteiger partial charge >= 0.3 is 0 Å². The van der Waals surface area contributed by atoms with Gasteiger partial charge in [0.05, 0.1) is 0 Å². The number of unbranched alkanes of at least 4 members (excludes halogenated alkanes) is 3. The molecule has 0 spiro atoms. The molecule has 0 amide bonds. The van der Waals surface area contributed by atoms with Gasteiger partial charge in [-0.15, -0.1) is 0 Å². The summed E-state index contributed by atoms with van der Waals surface area (Å²) in [5.74, 6) is -0.0627. The van der Waals surface area contributed by atoms with Crippen LogP contribution in [0.4, 0.5) is 0 Å². The number of hydrogen-bond acceptors (Lipinski definition) is 3. The SMILES string of the molecule is CCCCCCC(C)(C)c1cc(O)c2c(c1)O[C@@]1(O)CCC(=C(C)C)[C@@H]2C1. The highest BCUT2D eigenvalue weighted by molar-refractivity contribution is 5.56. The quantitative estimate of drug-likeness (QED) is 0.453. The lowest BCUT2D eigenvalue weighted by Crippen LogP contribution is -2.44. The van der Waals surface area contributed by atoms with Crippen LogP contribution in [-0.2, 0) is 5.41 Å². The Kier molecular flexibility index (Phi) is 5.63. The first-order valence-electron chi connectivity index (χ1n) is 10.6. The van der Waals surface area contributed by atoms with Crippen molar-refractivity contribution in [3.8, 4) is 11.5 Å². The predicted molar refractivity (Wildman–Crippen MR) is 110 cm³/mol. The second-order valence-corrected chi connectivity index (χ2v) is 9.43. The fourth-order valence-corrected chi connectivity index (χ4v) is 4.80. The highest BCUT2D eigenvalue weighted by Crippen LogP contribution is 2.54. The van der Waals surface area contributed by atoms with Crippen molar-refractivity contribution in [1.82, 2.24) is 0 Å². The van der Waals surface area contributed by atoms with E-state index in [1.807, 2.05) is 6.07 Å². The molecule has 1 aromatic carbocycles. The minimum Gasteiger partial charge on any atom is -0.507 e. The number of ether oxygens (including phenoxy) is 1. The lowest BCUT2D eigenvalue weighted by atomic mass is 9.71. The molecular formula is C24H36O3. The highest BCUT2D eigenvalue weighted by atomic mass is 16.6. The Morgan fingerprint density at radius 3 is 2.63 bits per heavy atom. The zero-order chi connectivity index (χ0) is 19.8. The molecule has 1 saturated carbocycles. The number of benzene rings is 1. The molecule has 3 heteroatoms. The maximum absolute atomic E-state index is 10.9. The van der Waals surface area contributed by atoms with Crippen LogP contribution >= 0.6 is 0 Å². The van der Waals surface area contributed by atoms with E-state index >= 15 is 0 Å². The third-order valence-electron chi connectivity index (χ3n) is 6.58. The van der Waals surface area contributed by atoms with Gasteiger partial charge in [-0.3, -0.25) is 0 Å². The van der Waals surface area contributed by atoms with Crippen LogP contribution < -0.4 is 4.74 Å². The summed E-state index contributed by atoms with van der Waals surface area (Å²) in [5.41, 5.74) is 4.55. The van der Waals surface area contributed by atoms with Crippen LogP contribution in [0.15, 0.2) is 23.3 Å². The van der Waals surface area contributed by atoms with Gasteiger partial charge in [0.1, 0.15) is 11.5 Å². The zero-order valence-electron chi connectivity index (χ0n) is 17.7. The molecule has 2 bridgehead atoms. The Hall–Kier alpha value is -1.48. The molecule has 2 atom stereocenters. The smallest absolute Gasteiger partial charge is 0.209 e. The van der Waals surface area contributed by atoms with Crippen molar-refractivity contribution in [2.24, 2.45) is 0 Å². The third kappa shape index (κ3) is 4.03. The van der Waals surface area contributed by atoms with Crippen LogP contribution in [0, 0.1) is 0 Å². The number of fused-ring (bicyclic) bond motifs is 4. The van der Waals surface area contributed by atoms with E-state index in [0.717, 1.165) is 24.0 Å². The molecule has 1 fully saturated rings. The van der Waals surface area contributed by atoms with E-state index in [2.05, 4.69) is 40.7 Å². The summed E-state index contributed by atoms with van der Waals surface area (Å²) in [6, 6.07) is 4.00. The predicted octanol–water partition coefficient (Wildman–Crippen LogP) is 6.33. The molecule has 0 radical (unpaired) electrons. The molecule has 2 N–H and O–H groups in total. The zero-order valence-corrected chi connectivity index (χ0v) is 17.7. The monoisotopic (exact) mass is 372 g/mol. The van der Waals surface area contributed by atoms with Crippen molar-refractivity contribution in [1.29, 1.82) is 0 Å². The molecule has 150 valence electrons. The topological polar surface area (TPSA) is 49.7 Å².